The van der Waals surface area contributed by atoms with Gasteiger partial charge in [0.25, 0.3) is 0 Å². The Hall–Kier alpha value is -1.36. The predicted molar refractivity (Wildman–Crippen MR) is 103 cm³/mol. The van der Waals surface area contributed by atoms with Crippen molar-refractivity contribution in [2.24, 2.45) is 0 Å². The van der Waals surface area contributed by atoms with Gasteiger partial charge in [-0.1, -0.05) is 52.7 Å². The lowest BCUT2D eigenvalue weighted by molar-refractivity contribution is -0.113. The van der Waals surface area contributed by atoms with E-state index < -0.39 is 11.6 Å². The second kappa shape index (κ2) is 6.75. The summed E-state index contributed by atoms with van der Waals surface area (Å²) in [6, 6.07) is 16.2. The highest BCUT2D eigenvalue weighted by Gasteiger charge is 2.52. The van der Waals surface area contributed by atoms with Crippen molar-refractivity contribution in [2.75, 3.05) is 13.1 Å². The molecule has 2 aromatic rings. The summed E-state index contributed by atoms with van der Waals surface area (Å²) < 4.78 is 7.46. The fourth-order valence-electron chi connectivity index (χ4n) is 4.29. The number of ether oxygens (including phenoxy) is 1. The molecule has 0 bridgehead atoms. The van der Waals surface area contributed by atoms with Crippen LogP contribution in [0.4, 0.5) is 0 Å². The van der Waals surface area contributed by atoms with Crippen LogP contribution in [0.25, 0.3) is 0 Å². The molecule has 3 atom stereocenters. The Morgan fingerprint density at radius 3 is 2.52 bits per heavy atom. The lowest BCUT2D eigenvalue weighted by Crippen LogP contribution is -2.59. The van der Waals surface area contributed by atoms with Crippen LogP contribution in [-0.4, -0.2) is 28.6 Å². The van der Waals surface area contributed by atoms with E-state index in [2.05, 4.69) is 39.9 Å². The first-order valence-corrected chi connectivity index (χ1v) is 9.84. The van der Waals surface area contributed by atoms with Crippen LogP contribution in [0.1, 0.15) is 49.5 Å². The van der Waals surface area contributed by atoms with E-state index in [1.165, 1.54) is 19.3 Å². The van der Waals surface area contributed by atoms with Crippen molar-refractivity contribution < 1.29 is 9.84 Å². The van der Waals surface area contributed by atoms with Gasteiger partial charge < -0.3 is 9.84 Å². The lowest BCUT2D eigenvalue weighted by Gasteiger charge is -2.53. The monoisotopic (exact) mass is 401 g/mol. The largest absolute Gasteiger partial charge is 0.483 e. The average molecular weight is 402 g/mol. The first-order chi connectivity index (χ1) is 12.1. The van der Waals surface area contributed by atoms with E-state index in [0.717, 1.165) is 34.4 Å². The number of hydrogen-bond donors (Lipinski definition) is 1. The SMILES string of the molecule is C[C@]1(N2CCCCC2)[C@@H](c2ccccc2)Oc2ccc(Br)cc2[C@@H]1O. The van der Waals surface area contributed by atoms with Crippen molar-refractivity contribution in [3.63, 3.8) is 0 Å². The standard InChI is InChI=1S/C21H24BrNO2/c1-21(23-12-6-3-7-13-23)19(24)17-14-16(22)10-11-18(17)25-20(21)15-8-4-2-5-9-15/h2,4-5,8-11,14,19-20,24H,3,6-7,12-13H2,1H3/t19-,20+,21+/m0/s1. The molecular weight excluding hydrogens is 378 g/mol. The fourth-order valence-corrected chi connectivity index (χ4v) is 4.67. The molecule has 2 aliphatic rings. The van der Waals surface area contributed by atoms with Crippen molar-refractivity contribution in [3.05, 3.63) is 64.1 Å². The molecule has 4 heteroatoms. The third kappa shape index (κ3) is 2.90. The first kappa shape index (κ1) is 17.1. The molecule has 0 radical (unpaired) electrons. The van der Waals surface area contributed by atoms with Crippen LogP contribution in [0.15, 0.2) is 53.0 Å². The van der Waals surface area contributed by atoms with E-state index >= 15 is 0 Å². The van der Waals surface area contributed by atoms with Crippen LogP contribution in [0, 0.1) is 0 Å². The molecule has 0 unspecified atom stereocenters. The summed E-state index contributed by atoms with van der Waals surface area (Å²) in [6.45, 7) is 4.16. The third-order valence-corrected chi connectivity index (χ3v) is 6.23. The van der Waals surface area contributed by atoms with Gasteiger partial charge in [-0.25, -0.2) is 0 Å². The summed E-state index contributed by atoms with van der Waals surface area (Å²) in [5, 5.41) is 11.4. The number of nitrogens with zero attached hydrogens (tertiary/aromatic N) is 1. The zero-order valence-corrected chi connectivity index (χ0v) is 16.1. The fraction of sp³-hybridized carbons (Fsp3) is 0.429. The number of likely N-dealkylation sites (tertiary alicyclic amines) is 1. The number of halogens is 1. The van der Waals surface area contributed by atoms with Gasteiger partial charge in [-0.05, 0) is 56.6 Å². The van der Waals surface area contributed by atoms with Gasteiger partial charge in [-0.2, -0.15) is 0 Å². The Morgan fingerprint density at radius 1 is 1.08 bits per heavy atom. The predicted octanol–water partition coefficient (Wildman–Crippen LogP) is 4.86. The van der Waals surface area contributed by atoms with E-state index in [1.54, 1.807) is 0 Å². The van der Waals surface area contributed by atoms with Gasteiger partial charge in [0.15, 0.2) is 0 Å². The van der Waals surface area contributed by atoms with E-state index in [9.17, 15) is 5.11 Å². The van der Waals surface area contributed by atoms with E-state index in [1.807, 2.05) is 36.4 Å². The Kier molecular flexibility index (Phi) is 4.61. The number of fused-ring (bicyclic) bond motifs is 1. The molecule has 25 heavy (non-hydrogen) atoms. The van der Waals surface area contributed by atoms with Crippen molar-refractivity contribution in [2.45, 2.75) is 43.9 Å². The zero-order chi connectivity index (χ0) is 17.4. The van der Waals surface area contributed by atoms with Crippen molar-refractivity contribution in [1.82, 2.24) is 4.90 Å². The molecule has 0 saturated carbocycles. The Bertz CT molecular complexity index is 745. The molecule has 3 nitrogen and oxygen atoms in total. The van der Waals surface area contributed by atoms with Crippen molar-refractivity contribution in [1.29, 1.82) is 0 Å². The van der Waals surface area contributed by atoms with Gasteiger partial charge in [0, 0.05) is 10.0 Å². The summed E-state index contributed by atoms with van der Waals surface area (Å²) in [5.41, 5.74) is 1.49. The number of benzene rings is 2. The van der Waals surface area contributed by atoms with Gasteiger partial charge in [0.1, 0.15) is 18.0 Å². The van der Waals surface area contributed by atoms with Crippen LogP contribution in [0.5, 0.6) is 5.75 Å². The molecule has 0 spiro atoms. The normalized spacial score (nSPS) is 29.7. The van der Waals surface area contributed by atoms with Gasteiger partial charge in [0.05, 0.1) is 5.54 Å². The molecule has 2 aliphatic heterocycles. The van der Waals surface area contributed by atoms with Gasteiger partial charge >= 0.3 is 0 Å². The second-order valence-corrected chi connectivity index (χ2v) is 8.18. The minimum atomic E-state index is -0.600. The average Bonchev–Trinajstić information content (AvgIpc) is 2.66. The maximum absolute atomic E-state index is 11.4. The molecule has 1 N–H and O–H groups in total. The molecule has 132 valence electrons. The highest BCUT2D eigenvalue weighted by atomic mass is 79.9. The topological polar surface area (TPSA) is 32.7 Å². The van der Waals surface area contributed by atoms with Gasteiger partial charge in [0.2, 0.25) is 0 Å². The molecule has 1 fully saturated rings. The molecule has 0 aliphatic carbocycles. The van der Waals surface area contributed by atoms with E-state index in [-0.39, 0.29) is 6.10 Å². The van der Waals surface area contributed by atoms with Gasteiger partial charge in [-0.15, -0.1) is 0 Å². The molecule has 4 rings (SSSR count). The van der Waals surface area contributed by atoms with E-state index in [4.69, 9.17) is 4.74 Å². The van der Waals surface area contributed by atoms with Crippen LogP contribution in [-0.2, 0) is 0 Å². The van der Waals surface area contributed by atoms with E-state index in [0.29, 0.717) is 0 Å². The van der Waals surface area contributed by atoms with Gasteiger partial charge in [-0.3, -0.25) is 4.90 Å². The summed E-state index contributed by atoms with van der Waals surface area (Å²) in [6.07, 6.45) is 2.82. The first-order valence-electron chi connectivity index (χ1n) is 9.05. The summed E-state index contributed by atoms with van der Waals surface area (Å²) in [7, 11) is 0. The summed E-state index contributed by atoms with van der Waals surface area (Å²) in [4.78, 5) is 2.43. The lowest BCUT2D eigenvalue weighted by atomic mass is 9.76. The number of aliphatic hydroxyl groups excluding tert-OH is 1. The molecule has 2 heterocycles. The Labute approximate surface area is 157 Å². The number of rotatable bonds is 2. The molecular formula is C21H24BrNO2. The molecule has 0 amide bonds. The number of hydrogen-bond acceptors (Lipinski definition) is 3. The van der Waals surface area contributed by atoms with Crippen molar-refractivity contribution >= 4 is 15.9 Å². The highest BCUT2D eigenvalue weighted by molar-refractivity contribution is 9.10. The highest BCUT2D eigenvalue weighted by Crippen LogP contribution is 2.51. The summed E-state index contributed by atoms with van der Waals surface area (Å²) in [5.74, 6) is 0.777. The minimum Gasteiger partial charge on any atom is -0.483 e. The van der Waals surface area contributed by atoms with Crippen molar-refractivity contribution in [3.8, 4) is 5.75 Å². The van der Waals surface area contributed by atoms with Crippen LogP contribution < -0.4 is 4.74 Å². The smallest absolute Gasteiger partial charge is 0.145 e. The molecule has 0 aromatic heterocycles. The Morgan fingerprint density at radius 2 is 1.80 bits per heavy atom. The quantitative estimate of drug-likeness (QED) is 0.779. The molecule has 2 aromatic carbocycles. The summed E-state index contributed by atoms with van der Waals surface area (Å²) >= 11 is 3.53. The maximum atomic E-state index is 11.4. The minimum absolute atomic E-state index is 0.199. The number of aliphatic hydroxyl groups is 1. The third-order valence-electron chi connectivity index (χ3n) is 5.74. The second-order valence-electron chi connectivity index (χ2n) is 7.27. The Balaban J connectivity index is 1.83. The van der Waals surface area contributed by atoms with Crippen LogP contribution >= 0.6 is 15.9 Å². The molecule has 1 saturated heterocycles. The maximum Gasteiger partial charge on any atom is 0.145 e. The zero-order valence-electron chi connectivity index (χ0n) is 14.5. The van der Waals surface area contributed by atoms with Crippen LogP contribution in [0.2, 0.25) is 0 Å². The number of piperidine rings is 1. The van der Waals surface area contributed by atoms with Crippen LogP contribution in [0.3, 0.4) is 0 Å².